The van der Waals surface area contributed by atoms with Crippen molar-refractivity contribution in [1.29, 1.82) is 0 Å². The molecule has 1 rings (SSSR count). The molecule has 1 saturated carbocycles. The minimum absolute atomic E-state index is 0.0304. The van der Waals surface area contributed by atoms with E-state index >= 15 is 0 Å². The Morgan fingerprint density at radius 2 is 2.08 bits per heavy atom. The Kier molecular flexibility index (Phi) is 2.99. The molecular formula is C11H20O2. The Labute approximate surface area is 80.7 Å². The van der Waals surface area contributed by atoms with Crippen molar-refractivity contribution in [3.8, 4) is 0 Å². The summed E-state index contributed by atoms with van der Waals surface area (Å²) < 4.78 is 4.86. The van der Waals surface area contributed by atoms with Crippen molar-refractivity contribution in [2.24, 2.45) is 17.3 Å². The van der Waals surface area contributed by atoms with Crippen molar-refractivity contribution in [3.63, 3.8) is 0 Å². The molecule has 13 heavy (non-hydrogen) atoms. The highest BCUT2D eigenvalue weighted by molar-refractivity contribution is 5.73. The SMILES string of the molecule is COC(=O)[C@H]1[C@@H](C)CCCC1(C)C. The van der Waals surface area contributed by atoms with Crippen LogP contribution in [0.25, 0.3) is 0 Å². The topological polar surface area (TPSA) is 26.3 Å². The number of carbonyl (C=O) groups excluding carboxylic acids is 1. The van der Waals surface area contributed by atoms with Crippen molar-refractivity contribution in [2.75, 3.05) is 7.11 Å². The molecule has 0 aliphatic heterocycles. The van der Waals surface area contributed by atoms with Crippen LogP contribution in [0.2, 0.25) is 0 Å². The fraction of sp³-hybridized carbons (Fsp3) is 0.909. The molecule has 1 fully saturated rings. The third kappa shape index (κ3) is 2.04. The van der Waals surface area contributed by atoms with Gasteiger partial charge in [-0.3, -0.25) is 4.79 Å². The van der Waals surface area contributed by atoms with Gasteiger partial charge in [-0.15, -0.1) is 0 Å². The number of carbonyl (C=O) groups is 1. The quantitative estimate of drug-likeness (QED) is 0.585. The van der Waals surface area contributed by atoms with E-state index in [2.05, 4.69) is 20.8 Å². The van der Waals surface area contributed by atoms with Gasteiger partial charge in [0.25, 0.3) is 0 Å². The minimum Gasteiger partial charge on any atom is -0.469 e. The van der Waals surface area contributed by atoms with Crippen molar-refractivity contribution < 1.29 is 9.53 Å². The van der Waals surface area contributed by atoms with Gasteiger partial charge < -0.3 is 4.74 Å². The molecule has 0 aromatic heterocycles. The summed E-state index contributed by atoms with van der Waals surface area (Å²) in [5.74, 6) is 0.527. The normalized spacial score (nSPS) is 32.6. The van der Waals surface area contributed by atoms with E-state index in [-0.39, 0.29) is 17.3 Å². The molecule has 76 valence electrons. The van der Waals surface area contributed by atoms with Crippen molar-refractivity contribution >= 4 is 5.97 Å². The lowest BCUT2D eigenvalue weighted by Crippen LogP contribution is -2.39. The van der Waals surface area contributed by atoms with Crippen LogP contribution in [0.15, 0.2) is 0 Å². The molecule has 1 aliphatic rings. The van der Waals surface area contributed by atoms with Crippen molar-refractivity contribution in [1.82, 2.24) is 0 Å². The van der Waals surface area contributed by atoms with Crippen LogP contribution in [0.4, 0.5) is 0 Å². The summed E-state index contributed by atoms with van der Waals surface area (Å²) >= 11 is 0. The number of esters is 1. The molecule has 0 bridgehead atoms. The Hall–Kier alpha value is -0.530. The lowest BCUT2D eigenvalue weighted by Gasteiger charge is -2.40. The fourth-order valence-corrected chi connectivity index (χ4v) is 2.65. The lowest BCUT2D eigenvalue weighted by atomic mass is 9.64. The molecule has 0 N–H and O–H groups in total. The number of methoxy groups -OCH3 is 1. The second kappa shape index (κ2) is 3.69. The molecule has 2 heteroatoms. The van der Waals surface area contributed by atoms with E-state index in [0.29, 0.717) is 5.92 Å². The monoisotopic (exact) mass is 184 g/mol. The summed E-state index contributed by atoms with van der Waals surface area (Å²) in [6.45, 7) is 6.50. The first kappa shape index (κ1) is 10.6. The van der Waals surface area contributed by atoms with E-state index in [1.165, 1.54) is 13.5 Å². The minimum atomic E-state index is -0.0304. The first-order valence-electron chi connectivity index (χ1n) is 5.07. The highest BCUT2D eigenvalue weighted by Crippen LogP contribution is 2.44. The molecule has 0 amide bonds. The number of hydrogen-bond donors (Lipinski definition) is 0. The highest BCUT2D eigenvalue weighted by atomic mass is 16.5. The molecular weight excluding hydrogens is 164 g/mol. The zero-order valence-electron chi connectivity index (χ0n) is 9.09. The Morgan fingerprint density at radius 3 is 2.54 bits per heavy atom. The van der Waals surface area contributed by atoms with E-state index in [4.69, 9.17) is 4.74 Å². The van der Waals surface area contributed by atoms with Crippen LogP contribution in [-0.2, 0) is 9.53 Å². The first-order valence-corrected chi connectivity index (χ1v) is 5.07. The zero-order chi connectivity index (χ0) is 10.1. The highest BCUT2D eigenvalue weighted by Gasteiger charge is 2.42. The van der Waals surface area contributed by atoms with Gasteiger partial charge in [0.1, 0.15) is 0 Å². The van der Waals surface area contributed by atoms with Crippen LogP contribution in [0.3, 0.4) is 0 Å². The van der Waals surface area contributed by atoms with Crippen LogP contribution in [-0.4, -0.2) is 13.1 Å². The maximum Gasteiger partial charge on any atom is 0.309 e. The smallest absolute Gasteiger partial charge is 0.309 e. The van der Waals surface area contributed by atoms with Gasteiger partial charge in [-0.25, -0.2) is 0 Å². The molecule has 2 nitrogen and oxygen atoms in total. The van der Waals surface area contributed by atoms with Crippen LogP contribution < -0.4 is 0 Å². The average Bonchev–Trinajstić information content (AvgIpc) is 2.02. The third-order valence-electron chi connectivity index (χ3n) is 3.35. The maximum atomic E-state index is 11.6. The molecule has 0 spiro atoms. The largest absolute Gasteiger partial charge is 0.469 e. The Balaban J connectivity index is 2.80. The molecule has 0 radical (unpaired) electrons. The Morgan fingerprint density at radius 1 is 1.46 bits per heavy atom. The van der Waals surface area contributed by atoms with Gasteiger partial charge in [0, 0.05) is 0 Å². The van der Waals surface area contributed by atoms with E-state index in [1.54, 1.807) is 0 Å². The standard InChI is InChI=1S/C11H20O2/c1-8-6-5-7-11(2,3)9(8)10(12)13-4/h8-9H,5-7H2,1-4H3/t8-,9+/m0/s1. The van der Waals surface area contributed by atoms with Crippen LogP contribution in [0.1, 0.15) is 40.0 Å². The van der Waals surface area contributed by atoms with Crippen LogP contribution in [0, 0.1) is 17.3 Å². The van der Waals surface area contributed by atoms with Crippen molar-refractivity contribution in [3.05, 3.63) is 0 Å². The second-order valence-electron chi connectivity index (χ2n) is 4.86. The molecule has 1 aliphatic carbocycles. The first-order chi connectivity index (χ1) is 5.99. The van der Waals surface area contributed by atoms with E-state index in [9.17, 15) is 4.79 Å². The summed E-state index contributed by atoms with van der Waals surface area (Å²) in [7, 11) is 1.49. The Bertz CT molecular complexity index is 196. The molecule has 0 saturated heterocycles. The average molecular weight is 184 g/mol. The van der Waals surface area contributed by atoms with Gasteiger partial charge in [-0.05, 0) is 24.2 Å². The lowest BCUT2D eigenvalue weighted by molar-refractivity contribution is -0.154. The summed E-state index contributed by atoms with van der Waals surface area (Å²) in [6.07, 6.45) is 3.53. The summed E-state index contributed by atoms with van der Waals surface area (Å²) in [5.41, 5.74) is 0.116. The molecule has 0 aromatic carbocycles. The summed E-state index contributed by atoms with van der Waals surface area (Å²) in [5, 5.41) is 0. The van der Waals surface area contributed by atoms with Gasteiger partial charge in [0.2, 0.25) is 0 Å². The zero-order valence-corrected chi connectivity index (χ0v) is 9.09. The van der Waals surface area contributed by atoms with Gasteiger partial charge >= 0.3 is 5.97 Å². The van der Waals surface area contributed by atoms with Gasteiger partial charge in [-0.1, -0.05) is 27.2 Å². The van der Waals surface area contributed by atoms with Gasteiger partial charge in [-0.2, -0.15) is 0 Å². The number of rotatable bonds is 1. The van der Waals surface area contributed by atoms with Crippen LogP contribution in [0.5, 0.6) is 0 Å². The third-order valence-corrected chi connectivity index (χ3v) is 3.35. The van der Waals surface area contributed by atoms with Crippen LogP contribution >= 0.6 is 0 Å². The fourth-order valence-electron chi connectivity index (χ4n) is 2.65. The van der Waals surface area contributed by atoms with E-state index < -0.39 is 0 Å². The molecule has 2 atom stereocenters. The van der Waals surface area contributed by atoms with Gasteiger partial charge in [0.05, 0.1) is 13.0 Å². The predicted molar refractivity (Wildman–Crippen MR) is 52.3 cm³/mol. The predicted octanol–water partition coefficient (Wildman–Crippen LogP) is 2.62. The molecule has 0 heterocycles. The molecule has 0 unspecified atom stereocenters. The molecule has 0 aromatic rings. The summed E-state index contributed by atoms with van der Waals surface area (Å²) in [6, 6.07) is 0. The van der Waals surface area contributed by atoms with E-state index in [1.807, 2.05) is 0 Å². The van der Waals surface area contributed by atoms with Crippen molar-refractivity contribution in [2.45, 2.75) is 40.0 Å². The van der Waals surface area contributed by atoms with Gasteiger partial charge in [0.15, 0.2) is 0 Å². The number of hydrogen-bond acceptors (Lipinski definition) is 2. The second-order valence-corrected chi connectivity index (χ2v) is 4.86. The number of ether oxygens (including phenoxy) is 1. The summed E-state index contributed by atoms with van der Waals surface area (Å²) in [4.78, 5) is 11.6. The maximum absolute atomic E-state index is 11.6. The van der Waals surface area contributed by atoms with E-state index in [0.717, 1.165) is 12.8 Å².